The van der Waals surface area contributed by atoms with Crippen LogP contribution in [0.15, 0.2) is 72.8 Å². The Morgan fingerprint density at radius 2 is 1.67 bits per heavy atom. The summed E-state index contributed by atoms with van der Waals surface area (Å²) in [6.45, 7) is 5.20. The number of anilines is 2. The fourth-order valence-electron chi connectivity index (χ4n) is 4.83. The van der Waals surface area contributed by atoms with E-state index in [0.717, 1.165) is 48.0 Å². The Labute approximate surface area is 229 Å². The molecule has 8 nitrogen and oxygen atoms in total. The van der Waals surface area contributed by atoms with Gasteiger partial charge in [0.25, 0.3) is 0 Å². The van der Waals surface area contributed by atoms with Gasteiger partial charge >= 0.3 is 0 Å². The first kappa shape index (κ1) is 26.7. The molecule has 0 aliphatic carbocycles. The van der Waals surface area contributed by atoms with Crippen LogP contribution in [0.2, 0.25) is 0 Å². The molecule has 1 saturated heterocycles. The van der Waals surface area contributed by atoms with Crippen molar-refractivity contribution in [2.75, 3.05) is 44.0 Å². The smallest absolute Gasteiger partial charge is 0.227 e. The summed E-state index contributed by atoms with van der Waals surface area (Å²) in [5, 5.41) is 0.738. The summed E-state index contributed by atoms with van der Waals surface area (Å²) in [6, 6.07) is 24.0. The number of hydrogen-bond donors (Lipinski definition) is 1. The van der Waals surface area contributed by atoms with Crippen molar-refractivity contribution in [3.8, 4) is 11.5 Å². The predicted octanol–water partition coefficient (Wildman–Crippen LogP) is 5.56. The van der Waals surface area contributed by atoms with E-state index >= 15 is 0 Å². The SMILES string of the molecule is CCOCC(OC1CCN(c2nc(N)c3cc(OCc4ccccc4)c(OC)cc3n2)CC1)c1ccccc1. The highest BCUT2D eigenvalue weighted by Gasteiger charge is 2.26. The maximum atomic E-state index is 6.51. The molecule has 0 saturated carbocycles. The van der Waals surface area contributed by atoms with Gasteiger partial charge in [-0.1, -0.05) is 60.7 Å². The molecule has 204 valence electrons. The molecule has 0 radical (unpaired) electrons. The molecular formula is C31H36N4O4. The molecule has 1 unspecified atom stereocenters. The lowest BCUT2D eigenvalue weighted by molar-refractivity contribution is -0.0650. The summed E-state index contributed by atoms with van der Waals surface area (Å²) in [5.41, 5.74) is 9.35. The maximum Gasteiger partial charge on any atom is 0.227 e. The zero-order valence-corrected chi connectivity index (χ0v) is 22.6. The first-order valence-electron chi connectivity index (χ1n) is 13.5. The summed E-state index contributed by atoms with van der Waals surface area (Å²) in [6.07, 6.45) is 1.79. The fourth-order valence-corrected chi connectivity index (χ4v) is 4.83. The number of fused-ring (bicyclic) bond motifs is 1. The van der Waals surface area contributed by atoms with Crippen molar-refractivity contribution in [1.82, 2.24) is 9.97 Å². The van der Waals surface area contributed by atoms with Crippen LogP contribution in [-0.2, 0) is 16.1 Å². The third kappa shape index (κ3) is 6.58. The molecule has 1 aromatic heterocycles. The lowest BCUT2D eigenvalue weighted by Gasteiger charge is -2.34. The molecular weight excluding hydrogens is 492 g/mol. The van der Waals surface area contributed by atoms with E-state index in [0.29, 0.717) is 43.1 Å². The van der Waals surface area contributed by atoms with Gasteiger partial charge in [0, 0.05) is 31.1 Å². The standard InChI is InChI=1S/C31H36N4O4/c1-3-37-21-29(23-12-8-5-9-13-23)39-24-14-16-35(17-15-24)31-33-26-19-27(36-2)28(18-25(26)30(32)34-31)38-20-22-10-6-4-7-11-22/h4-13,18-19,24,29H,3,14-17,20-21H2,1-2H3,(H2,32,33,34). The van der Waals surface area contributed by atoms with Crippen LogP contribution in [0.3, 0.4) is 0 Å². The summed E-state index contributed by atoms with van der Waals surface area (Å²) < 4.78 is 23.9. The zero-order chi connectivity index (χ0) is 27.0. The summed E-state index contributed by atoms with van der Waals surface area (Å²) in [7, 11) is 1.63. The third-order valence-electron chi connectivity index (χ3n) is 6.96. The molecule has 8 heteroatoms. The molecule has 1 atom stereocenters. The van der Waals surface area contributed by atoms with Crippen LogP contribution < -0.4 is 20.1 Å². The molecule has 3 aromatic carbocycles. The molecule has 1 aliphatic heterocycles. The monoisotopic (exact) mass is 528 g/mol. The molecule has 4 aromatic rings. The van der Waals surface area contributed by atoms with Gasteiger partial charge in [-0.3, -0.25) is 0 Å². The Kier molecular flexibility index (Phi) is 8.75. The van der Waals surface area contributed by atoms with E-state index < -0.39 is 0 Å². The maximum absolute atomic E-state index is 6.51. The van der Waals surface area contributed by atoms with E-state index in [1.54, 1.807) is 7.11 Å². The van der Waals surface area contributed by atoms with Crippen molar-refractivity contribution in [2.45, 2.75) is 38.6 Å². The van der Waals surface area contributed by atoms with Gasteiger partial charge in [-0.2, -0.15) is 4.98 Å². The van der Waals surface area contributed by atoms with Gasteiger partial charge in [-0.25, -0.2) is 4.98 Å². The minimum absolute atomic E-state index is 0.0824. The van der Waals surface area contributed by atoms with Crippen LogP contribution in [0.25, 0.3) is 10.9 Å². The highest BCUT2D eigenvalue weighted by atomic mass is 16.5. The van der Waals surface area contributed by atoms with Gasteiger partial charge in [0.1, 0.15) is 18.5 Å². The Morgan fingerprint density at radius 3 is 2.36 bits per heavy atom. The van der Waals surface area contributed by atoms with Gasteiger partial charge in [-0.15, -0.1) is 0 Å². The average Bonchev–Trinajstić information content (AvgIpc) is 2.99. The number of nitrogens with two attached hydrogens (primary N) is 1. The Morgan fingerprint density at radius 1 is 0.949 bits per heavy atom. The Balaban J connectivity index is 1.27. The first-order chi connectivity index (χ1) is 19.1. The number of nitrogens with zero attached hydrogens (tertiary/aromatic N) is 3. The van der Waals surface area contributed by atoms with Crippen molar-refractivity contribution in [1.29, 1.82) is 0 Å². The fraction of sp³-hybridized carbons (Fsp3) is 0.355. The quantitative estimate of drug-likeness (QED) is 0.270. The number of piperidine rings is 1. The van der Waals surface area contributed by atoms with Crippen molar-refractivity contribution >= 4 is 22.7 Å². The largest absolute Gasteiger partial charge is 0.493 e. The zero-order valence-electron chi connectivity index (χ0n) is 22.6. The van der Waals surface area contributed by atoms with Crippen molar-refractivity contribution in [2.24, 2.45) is 0 Å². The topological polar surface area (TPSA) is 92.0 Å². The molecule has 0 spiro atoms. The van der Waals surface area contributed by atoms with E-state index in [2.05, 4.69) is 22.0 Å². The summed E-state index contributed by atoms with van der Waals surface area (Å²) >= 11 is 0. The van der Waals surface area contributed by atoms with Crippen molar-refractivity contribution in [3.05, 3.63) is 83.9 Å². The molecule has 2 N–H and O–H groups in total. The van der Waals surface area contributed by atoms with Crippen LogP contribution >= 0.6 is 0 Å². The number of hydrogen-bond acceptors (Lipinski definition) is 8. The molecule has 39 heavy (non-hydrogen) atoms. The number of aromatic nitrogens is 2. The lowest BCUT2D eigenvalue weighted by atomic mass is 10.1. The van der Waals surface area contributed by atoms with E-state index in [1.165, 1.54) is 0 Å². The van der Waals surface area contributed by atoms with Gasteiger partial charge < -0.3 is 29.6 Å². The van der Waals surface area contributed by atoms with Crippen LogP contribution in [0.5, 0.6) is 11.5 Å². The summed E-state index contributed by atoms with van der Waals surface area (Å²) in [4.78, 5) is 11.7. The molecule has 0 amide bonds. The van der Waals surface area contributed by atoms with Crippen LogP contribution in [0, 0.1) is 0 Å². The molecule has 1 fully saturated rings. The van der Waals surface area contributed by atoms with E-state index in [-0.39, 0.29) is 12.2 Å². The van der Waals surface area contributed by atoms with Crippen molar-refractivity contribution in [3.63, 3.8) is 0 Å². The molecule has 0 bridgehead atoms. The highest BCUT2D eigenvalue weighted by Crippen LogP contribution is 2.35. The number of methoxy groups -OCH3 is 1. The van der Waals surface area contributed by atoms with E-state index in [4.69, 9.17) is 29.7 Å². The molecule has 1 aliphatic rings. The molecule has 2 heterocycles. The van der Waals surface area contributed by atoms with Gasteiger partial charge in [0.05, 0.1) is 25.3 Å². The number of rotatable bonds is 11. The third-order valence-corrected chi connectivity index (χ3v) is 6.96. The van der Waals surface area contributed by atoms with Gasteiger partial charge in [-0.05, 0) is 37.0 Å². The lowest BCUT2D eigenvalue weighted by Crippen LogP contribution is -2.39. The van der Waals surface area contributed by atoms with Crippen molar-refractivity contribution < 1.29 is 18.9 Å². The highest BCUT2D eigenvalue weighted by molar-refractivity contribution is 5.91. The van der Waals surface area contributed by atoms with Crippen LogP contribution in [0.1, 0.15) is 37.0 Å². The minimum Gasteiger partial charge on any atom is -0.493 e. The normalized spacial score (nSPS) is 14.9. The average molecular weight is 529 g/mol. The van der Waals surface area contributed by atoms with E-state index in [9.17, 15) is 0 Å². The Bertz CT molecular complexity index is 1350. The number of ether oxygens (including phenoxy) is 4. The van der Waals surface area contributed by atoms with Crippen LogP contribution in [-0.4, -0.2) is 49.5 Å². The summed E-state index contributed by atoms with van der Waals surface area (Å²) in [5.74, 6) is 2.25. The second-order valence-electron chi connectivity index (χ2n) is 9.58. The first-order valence-corrected chi connectivity index (χ1v) is 13.5. The van der Waals surface area contributed by atoms with Crippen LogP contribution in [0.4, 0.5) is 11.8 Å². The van der Waals surface area contributed by atoms with Gasteiger partial charge in [0.2, 0.25) is 5.95 Å². The predicted molar refractivity (Wildman–Crippen MR) is 153 cm³/mol. The molecule has 5 rings (SSSR count). The Hall–Kier alpha value is -3.88. The second-order valence-corrected chi connectivity index (χ2v) is 9.58. The number of nitrogen functional groups attached to an aromatic ring is 1. The second kappa shape index (κ2) is 12.8. The van der Waals surface area contributed by atoms with E-state index in [1.807, 2.05) is 67.6 Å². The number of benzene rings is 3. The van der Waals surface area contributed by atoms with Gasteiger partial charge in [0.15, 0.2) is 11.5 Å². The minimum atomic E-state index is -0.0824.